The van der Waals surface area contributed by atoms with Gasteiger partial charge in [-0.15, -0.1) is 0 Å². The van der Waals surface area contributed by atoms with Gasteiger partial charge >= 0.3 is 23.9 Å². The largest absolute Gasteiger partial charge is 0.455 e. The monoisotopic (exact) mass is 246 g/mol. The van der Waals surface area contributed by atoms with Crippen LogP contribution in [-0.2, 0) is 4.74 Å². The summed E-state index contributed by atoms with van der Waals surface area (Å²) in [7, 11) is -0.0762. The molecule has 0 rings (SSSR count). The van der Waals surface area contributed by atoms with Gasteiger partial charge in [-0.05, 0) is 0 Å². The molecule has 0 spiro atoms. The van der Waals surface area contributed by atoms with Crippen LogP contribution in [-0.4, -0.2) is 31.0 Å². The molecule has 0 aromatic rings. The molecule has 0 amide bonds. The Kier molecular flexibility index (Phi) is 3.32. The number of hydrogen-bond donors (Lipinski definition) is 0. The molecule has 0 fully saturated rings. The second-order valence-electron chi connectivity index (χ2n) is 2.76. The fourth-order valence-electron chi connectivity index (χ4n) is 0.704. The molecule has 15 heavy (non-hydrogen) atoms. The van der Waals surface area contributed by atoms with Crippen molar-refractivity contribution in [2.75, 3.05) is 7.11 Å². The van der Waals surface area contributed by atoms with Crippen molar-refractivity contribution < 1.29 is 39.9 Å². The Morgan fingerprint density at radius 1 is 0.800 bits per heavy atom. The van der Waals surface area contributed by atoms with Gasteiger partial charge in [0.1, 0.15) is 0 Å². The summed E-state index contributed by atoms with van der Waals surface area (Å²) in [6.07, 6.45) is -6.27. The third kappa shape index (κ3) is 2.01. The van der Waals surface area contributed by atoms with Gasteiger partial charge in [0.15, 0.2) is 0 Å². The normalized spacial score (nSPS) is 18.8. The van der Waals surface area contributed by atoms with Crippen molar-refractivity contribution in [1.82, 2.24) is 0 Å². The van der Waals surface area contributed by atoms with E-state index >= 15 is 0 Å². The molecule has 0 N–H and O–H groups in total. The van der Waals surface area contributed by atoms with Crippen molar-refractivity contribution >= 4 is 0 Å². The maximum absolute atomic E-state index is 12.7. The highest BCUT2D eigenvalue weighted by Crippen LogP contribution is 2.52. The zero-order chi connectivity index (χ0) is 12.7. The van der Waals surface area contributed by atoms with Crippen molar-refractivity contribution in [3.8, 4) is 0 Å². The lowest BCUT2D eigenvalue weighted by atomic mass is 10.0. The van der Waals surface area contributed by atoms with Crippen LogP contribution in [0.2, 0.25) is 0 Å². The smallest absolute Gasteiger partial charge is 0.337 e. The van der Waals surface area contributed by atoms with Crippen LogP contribution >= 0.6 is 0 Å². The van der Waals surface area contributed by atoms with Crippen LogP contribution in [0.1, 0.15) is 6.92 Å². The molecular weight excluding hydrogens is 240 g/mol. The SMILES string of the molecule is COC(F)(C(F)(F)F)C(F)(F)C(C)(F)F. The lowest BCUT2D eigenvalue weighted by molar-refractivity contribution is -0.425. The first-order valence-corrected chi connectivity index (χ1v) is 3.37. The Morgan fingerprint density at radius 3 is 1.20 bits per heavy atom. The molecule has 1 atom stereocenters. The second-order valence-corrected chi connectivity index (χ2v) is 2.76. The third-order valence-electron chi connectivity index (χ3n) is 1.60. The average molecular weight is 246 g/mol. The van der Waals surface area contributed by atoms with Crippen molar-refractivity contribution in [3.05, 3.63) is 0 Å². The van der Waals surface area contributed by atoms with Crippen LogP contribution in [0.25, 0.3) is 0 Å². The molecule has 9 heteroatoms. The molecule has 0 aromatic heterocycles. The Bertz CT molecular complexity index is 228. The predicted molar refractivity (Wildman–Crippen MR) is 32.5 cm³/mol. The summed E-state index contributed by atoms with van der Waals surface area (Å²) in [4.78, 5) is 0. The number of methoxy groups -OCH3 is 1. The molecule has 0 aliphatic carbocycles. The Morgan fingerprint density at radius 2 is 1.13 bits per heavy atom. The average Bonchev–Trinajstić information content (AvgIpc) is 1.98. The van der Waals surface area contributed by atoms with E-state index in [0.717, 1.165) is 0 Å². The van der Waals surface area contributed by atoms with Crippen LogP contribution in [0.15, 0.2) is 0 Å². The quantitative estimate of drug-likeness (QED) is 0.695. The van der Waals surface area contributed by atoms with Crippen molar-refractivity contribution in [2.45, 2.75) is 30.8 Å². The Labute approximate surface area is 79.0 Å². The van der Waals surface area contributed by atoms with Crippen LogP contribution in [0.3, 0.4) is 0 Å². The molecule has 1 nitrogen and oxygen atoms in total. The minimum absolute atomic E-state index is 0.0762. The Hall–Kier alpha value is -0.600. The van der Waals surface area contributed by atoms with Gasteiger partial charge < -0.3 is 4.74 Å². The van der Waals surface area contributed by atoms with Crippen molar-refractivity contribution in [2.24, 2.45) is 0 Å². The summed E-state index contributed by atoms with van der Waals surface area (Å²) in [5.74, 6) is -17.0. The van der Waals surface area contributed by atoms with Gasteiger partial charge in [0.2, 0.25) is 0 Å². The number of hydrogen-bond acceptors (Lipinski definition) is 1. The number of rotatable bonds is 3. The first kappa shape index (κ1) is 14.4. The summed E-state index contributed by atoms with van der Waals surface area (Å²) in [6, 6.07) is 0. The van der Waals surface area contributed by atoms with Crippen LogP contribution in [0.5, 0.6) is 0 Å². The first-order chi connectivity index (χ1) is 6.31. The van der Waals surface area contributed by atoms with E-state index in [0.29, 0.717) is 0 Å². The highest BCUT2D eigenvalue weighted by molar-refractivity contribution is 4.99. The maximum atomic E-state index is 12.7. The highest BCUT2D eigenvalue weighted by Gasteiger charge is 2.79. The minimum Gasteiger partial charge on any atom is -0.337 e. The van der Waals surface area contributed by atoms with E-state index in [1.807, 2.05) is 0 Å². The summed E-state index contributed by atoms with van der Waals surface area (Å²) in [6.45, 7) is -0.536. The summed E-state index contributed by atoms with van der Waals surface area (Å²) < 4.78 is 100. The molecule has 0 bridgehead atoms. The van der Waals surface area contributed by atoms with Gasteiger partial charge in [0.05, 0.1) is 0 Å². The summed E-state index contributed by atoms with van der Waals surface area (Å²) in [5, 5.41) is 0. The van der Waals surface area contributed by atoms with E-state index < -0.39 is 30.8 Å². The molecule has 0 saturated heterocycles. The molecular formula is C6H6F8O. The summed E-state index contributed by atoms with van der Waals surface area (Å²) >= 11 is 0. The van der Waals surface area contributed by atoms with Gasteiger partial charge in [-0.25, -0.2) is 0 Å². The number of alkyl halides is 8. The lowest BCUT2D eigenvalue weighted by Crippen LogP contribution is -2.63. The molecule has 1 unspecified atom stereocenters. The van der Waals surface area contributed by atoms with Crippen LogP contribution < -0.4 is 0 Å². The second kappa shape index (κ2) is 3.46. The zero-order valence-electron chi connectivity index (χ0n) is 7.43. The fourth-order valence-corrected chi connectivity index (χ4v) is 0.704. The summed E-state index contributed by atoms with van der Waals surface area (Å²) in [5.41, 5.74) is 0. The molecule has 0 aliphatic rings. The van der Waals surface area contributed by atoms with E-state index in [-0.39, 0.29) is 7.11 Å². The van der Waals surface area contributed by atoms with E-state index in [9.17, 15) is 35.1 Å². The third-order valence-corrected chi connectivity index (χ3v) is 1.60. The van der Waals surface area contributed by atoms with Gasteiger partial charge in [-0.3, -0.25) is 0 Å². The number of ether oxygens (including phenoxy) is 1. The highest BCUT2D eigenvalue weighted by atomic mass is 19.4. The van der Waals surface area contributed by atoms with Gasteiger partial charge in [-0.2, -0.15) is 35.1 Å². The molecule has 0 aliphatic heterocycles. The van der Waals surface area contributed by atoms with E-state index in [2.05, 4.69) is 4.74 Å². The molecule has 0 aromatic carbocycles. The van der Waals surface area contributed by atoms with Crippen LogP contribution in [0.4, 0.5) is 35.1 Å². The standard InChI is InChI=1S/C6H6F8O/c1-3(7,8)4(9,10)5(11,15-2)6(12,13)14/h1-2H3. The maximum Gasteiger partial charge on any atom is 0.455 e. The molecule has 0 saturated carbocycles. The predicted octanol–water partition coefficient (Wildman–Crippen LogP) is 3.15. The van der Waals surface area contributed by atoms with Gasteiger partial charge in [-0.1, -0.05) is 0 Å². The van der Waals surface area contributed by atoms with Gasteiger partial charge in [0, 0.05) is 14.0 Å². The molecule has 0 heterocycles. The van der Waals surface area contributed by atoms with Crippen LogP contribution in [0, 0.1) is 0 Å². The minimum atomic E-state index is -6.27. The molecule has 92 valence electrons. The Balaban J connectivity index is 5.50. The number of halogens is 8. The fraction of sp³-hybridized carbons (Fsp3) is 1.00. The van der Waals surface area contributed by atoms with E-state index in [4.69, 9.17) is 0 Å². The zero-order valence-corrected chi connectivity index (χ0v) is 7.43. The van der Waals surface area contributed by atoms with Crippen molar-refractivity contribution in [1.29, 1.82) is 0 Å². The topological polar surface area (TPSA) is 9.23 Å². The lowest BCUT2D eigenvalue weighted by Gasteiger charge is -2.36. The first-order valence-electron chi connectivity index (χ1n) is 3.37. The molecule has 0 radical (unpaired) electrons. The van der Waals surface area contributed by atoms with Crippen molar-refractivity contribution in [3.63, 3.8) is 0 Å². The van der Waals surface area contributed by atoms with Gasteiger partial charge in [0.25, 0.3) is 0 Å². The van der Waals surface area contributed by atoms with E-state index in [1.54, 1.807) is 0 Å². The van der Waals surface area contributed by atoms with E-state index in [1.165, 1.54) is 0 Å².